The number of hydrogen-bond donors (Lipinski definition) is 3. The minimum Gasteiger partial charge on any atom is -0.508 e. The van der Waals surface area contributed by atoms with E-state index in [1.54, 1.807) is 6.92 Å². The number of phenols is 1. The first-order valence-electron chi connectivity index (χ1n) is 5.57. The molecule has 0 saturated carbocycles. The third-order valence-electron chi connectivity index (χ3n) is 2.09. The predicted octanol–water partition coefficient (Wildman–Crippen LogP) is 1.01. The van der Waals surface area contributed by atoms with Gasteiger partial charge < -0.3 is 15.2 Å². The molecule has 0 aromatic heterocycles. The van der Waals surface area contributed by atoms with Crippen molar-refractivity contribution in [2.24, 2.45) is 0 Å². The van der Waals surface area contributed by atoms with Crippen molar-refractivity contribution in [3.05, 3.63) is 24.3 Å². The molecule has 18 heavy (non-hydrogen) atoms. The van der Waals surface area contributed by atoms with E-state index in [2.05, 4.69) is 10.6 Å². The SMILES string of the molecule is CCNC(=O)NC(=O)C(C)Oc1ccc(O)cc1. The van der Waals surface area contributed by atoms with Gasteiger partial charge in [-0.3, -0.25) is 10.1 Å². The Bertz CT molecular complexity index is 417. The van der Waals surface area contributed by atoms with E-state index in [0.717, 1.165) is 0 Å². The summed E-state index contributed by atoms with van der Waals surface area (Å²) in [5, 5.41) is 13.7. The molecular weight excluding hydrogens is 236 g/mol. The smallest absolute Gasteiger partial charge is 0.321 e. The molecule has 0 aliphatic rings. The third kappa shape index (κ3) is 4.32. The van der Waals surface area contributed by atoms with Crippen LogP contribution in [0.4, 0.5) is 4.79 Å². The molecule has 6 heteroatoms. The highest BCUT2D eigenvalue weighted by atomic mass is 16.5. The van der Waals surface area contributed by atoms with Crippen molar-refractivity contribution in [1.29, 1.82) is 0 Å². The third-order valence-corrected chi connectivity index (χ3v) is 2.09. The maximum Gasteiger partial charge on any atom is 0.321 e. The van der Waals surface area contributed by atoms with Crippen molar-refractivity contribution in [2.75, 3.05) is 6.54 Å². The number of carbonyl (C=O) groups is 2. The van der Waals surface area contributed by atoms with Gasteiger partial charge in [-0.05, 0) is 38.1 Å². The summed E-state index contributed by atoms with van der Waals surface area (Å²) >= 11 is 0. The summed E-state index contributed by atoms with van der Waals surface area (Å²) in [5.74, 6) is 0.0159. The Morgan fingerprint density at radius 2 is 1.94 bits per heavy atom. The molecule has 0 spiro atoms. The average molecular weight is 252 g/mol. The number of amides is 3. The Morgan fingerprint density at radius 3 is 2.50 bits per heavy atom. The van der Waals surface area contributed by atoms with Crippen molar-refractivity contribution >= 4 is 11.9 Å². The Morgan fingerprint density at radius 1 is 1.33 bits per heavy atom. The zero-order valence-corrected chi connectivity index (χ0v) is 10.3. The summed E-state index contributed by atoms with van der Waals surface area (Å²) in [4.78, 5) is 22.7. The number of rotatable bonds is 4. The van der Waals surface area contributed by atoms with E-state index in [0.29, 0.717) is 12.3 Å². The van der Waals surface area contributed by atoms with E-state index in [1.165, 1.54) is 31.2 Å². The molecule has 3 N–H and O–H groups in total. The minimum absolute atomic E-state index is 0.113. The molecular formula is C12H16N2O4. The number of aromatic hydroxyl groups is 1. The lowest BCUT2D eigenvalue weighted by atomic mass is 10.3. The van der Waals surface area contributed by atoms with Gasteiger partial charge in [0.15, 0.2) is 6.10 Å². The fraction of sp³-hybridized carbons (Fsp3) is 0.333. The van der Waals surface area contributed by atoms with Gasteiger partial charge in [-0.2, -0.15) is 0 Å². The van der Waals surface area contributed by atoms with Gasteiger partial charge in [0.25, 0.3) is 5.91 Å². The van der Waals surface area contributed by atoms with Crippen LogP contribution in [0.3, 0.4) is 0 Å². The van der Waals surface area contributed by atoms with Crippen LogP contribution in [-0.2, 0) is 4.79 Å². The molecule has 0 heterocycles. The van der Waals surface area contributed by atoms with E-state index in [4.69, 9.17) is 9.84 Å². The molecule has 0 aliphatic carbocycles. The Labute approximate surface area is 105 Å². The van der Waals surface area contributed by atoms with E-state index in [9.17, 15) is 9.59 Å². The molecule has 0 bridgehead atoms. The second kappa shape index (κ2) is 6.48. The van der Waals surface area contributed by atoms with Crippen molar-refractivity contribution in [2.45, 2.75) is 20.0 Å². The Hall–Kier alpha value is -2.24. The number of nitrogens with one attached hydrogen (secondary N) is 2. The average Bonchev–Trinajstić information content (AvgIpc) is 2.32. The fourth-order valence-corrected chi connectivity index (χ4v) is 1.20. The zero-order chi connectivity index (χ0) is 13.5. The molecule has 0 radical (unpaired) electrons. The number of phenolic OH excluding ortho intramolecular Hbond substituents is 1. The number of imide groups is 1. The lowest BCUT2D eigenvalue weighted by molar-refractivity contribution is -0.126. The van der Waals surface area contributed by atoms with Gasteiger partial charge in [-0.15, -0.1) is 0 Å². The van der Waals surface area contributed by atoms with E-state index < -0.39 is 18.0 Å². The van der Waals surface area contributed by atoms with Gasteiger partial charge in [0.1, 0.15) is 11.5 Å². The molecule has 98 valence electrons. The molecule has 1 rings (SSSR count). The van der Waals surface area contributed by atoms with E-state index in [-0.39, 0.29) is 5.75 Å². The van der Waals surface area contributed by atoms with Crippen molar-refractivity contribution in [3.63, 3.8) is 0 Å². The number of carbonyl (C=O) groups excluding carboxylic acids is 2. The van der Waals surface area contributed by atoms with Crippen molar-refractivity contribution in [1.82, 2.24) is 10.6 Å². The molecule has 0 aliphatic heterocycles. The van der Waals surface area contributed by atoms with Gasteiger partial charge in [0.2, 0.25) is 0 Å². The monoisotopic (exact) mass is 252 g/mol. The molecule has 1 aromatic carbocycles. The van der Waals surface area contributed by atoms with Crippen molar-refractivity contribution < 1.29 is 19.4 Å². The number of hydrogen-bond acceptors (Lipinski definition) is 4. The summed E-state index contributed by atoms with van der Waals surface area (Å²) in [6.45, 7) is 3.72. The Kier molecular flexibility index (Phi) is 4.98. The molecule has 0 fully saturated rings. The van der Waals surface area contributed by atoms with E-state index in [1.807, 2.05) is 0 Å². The highest BCUT2D eigenvalue weighted by Crippen LogP contribution is 2.17. The molecule has 6 nitrogen and oxygen atoms in total. The second-order valence-corrected chi connectivity index (χ2v) is 3.60. The molecule has 0 saturated heterocycles. The minimum atomic E-state index is -0.808. The number of urea groups is 1. The first-order chi connectivity index (χ1) is 8.52. The number of benzene rings is 1. The highest BCUT2D eigenvalue weighted by molar-refractivity contribution is 5.96. The summed E-state index contributed by atoms with van der Waals surface area (Å²) in [7, 11) is 0. The molecule has 3 amide bonds. The summed E-state index contributed by atoms with van der Waals surface area (Å²) in [6, 6.07) is 5.41. The maximum atomic E-state index is 11.6. The van der Waals surface area contributed by atoms with Crippen LogP contribution in [0.25, 0.3) is 0 Å². The quantitative estimate of drug-likeness (QED) is 0.746. The molecule has 1 aromatic rings. The fourth-order valence-electron chi connectivity index (χ4n) is 1.20. The van der Waals surface area contributed by atoms with Crippen LogP contribution >= 0.6 is 0 Å². The topological polar surface area (TPSA) is 87.7 Å². The second-order valence-electron chi connectivity index (χ2n) is 3.60. The first kappa shape index (κ1) is 13.8. The standard InChI is InChI=1S/C12H16N2O4/c1-3-13-12(17)14-11(16)8(2)18-10-6-4-9(15)5-7-10/h4-8,15H,3H2,1-2H3,(H2,13,14,16,17). The Balaban J connectivity index is 2.49. The van der Waals surface area contributed by atoms with Gasteiger partial charge in [0.05, 0.1) is 0 Å². The lowest BCUT2D eigenvalue weighted by Crippen LogP contribution is -2.45. The van der Waals surface area contributed by atoms with E-state index >= 15 is 0 Å². The van der Waals surface area contributed by atoms with Gasteiger partial charge in [-0.25, -0.2) is 4.79 Å². The normalized spacial score (nSPS) is 11.4. The predicted molar refractivity (Wildman–Crippen MR) is 65.4 cm³/mol. The van der Waals surface area contributed by atoms with Crippen molar-refractivity contribution in [3.8, 4) is 11.5 Å². The first-order valence-corrected chi connectivity index (χ1v) is 5.57. The van der Waals surface area contributed by atoms with Crippen LogP contribution in [0.1, 0.15) is 13.8 Å². The summed E-state index contributed by atoms with van der Waals surface area (Å²) < 4.78 is 5.31. The van der Waals surface area contributed by atoms with Crippen LogP contribution in [0.15, 0.2) is 24.3 Å². The molecule has 1 unspecified atom stereocenters. The van der Waals surface area contributed by atoms with Crippen LogP contribution in [0.5, 0.6) is 11.5 Å². The summed E-state index contributed by atoms with van der Waals surface area (Å²) in [5.41, 5.74) is 0. The van der Waals surface area contributed by atoms with Crippen LogP contribution in [0, 0.1) is 0 Å². The number of ether oxygens (including phenoxy) is 1. The van der Waals surface area contributed by atoms with Gasteiger partial charge >= 0.3 is 6.03 Å². The molecule has 1 atom stereocenters. The van der Waals surface area contributed by atoms with Crippen LogP contribution in [0.2, 0.25) is 0 Å². The van der Waals surface area contributed by atoms with Crippen LogP contribution < -0.4 is 15.4 Å². The van der Waals surface area contributed by atoms with Gasteiger partial charge in [0, 0.05) is 6.54 Å². The highest BCUT2D eigenvalue weighted by Gasteiger charge is 2.16. The summed E-state index contributed by atoms with van der Waals surface area (Å²) in [6.07, 6.45) is -0.808. The largest absolute Gasteiger partial charge is 0.508 e. The van der Waals surface area contributed by atoms with Crippen LogP contribution in [-0.4, -0.2) is 29.7 Å². The lowest BCUT2D eigenvalue weighted by Gasteiger charge is -2.14. The maximum absolute atomic E-state index is 11.6. The van der Waals surface area contributed by atoms with Gasteiger partial charge in [-0.1, -0.05) is 0 Å². The zero-order valence-electron chi connectivity index (χ0n) is 10.3.